The van der Waals surface area contributed by atoms with E-state index in [4.69, 9.17) is 9.84 Å². The monoisotopic (exact) mass is 481 g/mol. The maximum atomic E-state index is 12.2. The SMILES string of the molecule is CC(C)C(CNC(=O)CNC(=O)CNC(=O)OCC1c2ccccc2-c2ccccc21)CC(=O)O. The third-order valence-electron chi connectivity index (χ3n) is 6.12. The van der Waals surface area contributed by atoms with Gasteiger partial charge in [-0.05, 0) is 34.1 Å². The number of carboxylic acids is 1. The molecule has 3 amide bonds. The van der Waals surface area contributed by atoms with Gasteiger partial charge < -0.3 is 25.8 Å². The van der Waals surface area contributed by atoms with Crippen LogP contribution < -0.4 is 16.0 Å². The Morgan fingerprint density at radius 2 is 1.40 bits per heavy atom. The summed E-state index contributed by atoms with van der Waals surface area (Å²) < 4.78 is 5.38. The number of nitrogens with one attached hydrogen (secondary N) is 3. The highest BCUT2D eigenvalue weighted by molar-refractivity contribution is 5.87. The van der Waals surface area contributed by atoms with E-state index >= 15 is 0 Å². The van der Waals surface area contributed by atoms with Gasteiger partial charge in [0, 0.05) is 12.5 Å². The third-order valence-corrected chi connectivity index (χ3v) is 6.12. The Morgan fingerprint density at radius 3 is 1.97 bits per heavy atom. The van der Waals surface area contributed by atoms with Crippen LogP contribution in [-0.4, -0.2) is 55.2 Å². The minimum absolute atomic E-state index is 0.0473. The summed E-state index contributed by atoms with van der Waals surface area (Å²) in [5, 5.41) is 16.4. The zero-order valence-electron chi connectivity index (χ0n) is 19.9. The van der Waals surface area contributed by atoms with Crippen LogP contribution in [0.4, 0.5) is 4.79 Å². The van der Waals surface area contributed by atoms with Gasteiger partial charge in [0.2, 0.25) is 11.8 Å². The maximum absolute atomic E-state index is 12.2. The molecule has 2 aromatic rings. The van der Waals surface area contributed by atoms with Crippen LogP contribution in [-0.2, 0) is 19.1 Å². The van der Waals surface area contributed by atoms with E-state index in [2.05, 4.69) is 16.0 Å². The maximum Gasteiger partial charge on any atom is 0.407 e. The number of fused-ring (bicyclic) bond motifs is 3. The summed E-state index contributed by atoms with van der Waals surface area (Å²) in [7, 11) is 0. The van der Waals surface area contributed by atoms with E-state index in [1.165, 1.54) is 0 Å². The van der Waals surface area contributed by atoms with Gasteiger partial charge in [0.25, 0.3) is 0 Å². The van der Waals surface area contributed by atoms with Crippen molar-refractivity contribution >= 4 is 23.9 Å². The minimum Gasteiger partial charge on any atom is -0.481 e. The van der Waals surface area contributed by atoms with Crippen molar-refractivity contribution < 1.29 is 29.0 Å². The first kappa shape index (κ1) is 25.7. The number of carbonyl (C=O) groups is 4. The van der Waals surface area contributed by atoms with Crippen molar-refractivity contribution in [1.29, 1.82) is 0 Å². The zero-order chi connectivity index (χ0) is 25.4. The lowest BCUT2D eigenvalue weighted by Crippen LogP contribution is -2.43. The average Bonchev–Trinajstić information content (AvgIpc) is 3.16. The number of carbonyl (C=O) groups excluding carboxylic acids is 3. The Labute approximate surface area is 204 Å². The average molecular weight is 482 g/mol. The van der Waals surface area contributed by atoms with Gasteiger partial charge in [0.05, 0.1) is 13.0 Å². The molecule has 35 heavy (non-hydrogen) atoms. The van der Waals surface area contributed by atoms with Gasteiger partial charge >= 0.3 is 12.1 Å². The number of benzene rings is 2. The fourth-order valence-corrected chi connectivity index (χ4v) is 4.12. The van der Waals surface area contributed by atoms with Crippen LogP contribution in [0.1, 0.15) is 37.3 Å². The molecular formula is C26H31N3O6. The van der Waals surface area contributed by atoms with E-state index in [0.717, 1.165) is 22.3 Å². The van der Waals surface area contributed by atoms with Crippen molar-refractivity contribution in [1.82, 2.24) is 16.0 Å². The summed E-state index contributed by atoms with van der Waals surface area (Å²) in [6.07, 6.45) is -0.770. The summed E-state index contributed by atoms with van der Waals surface area (Å²) >= 11 is 0. The molecule has 0 aliphatic heterocycles. The summed E-state index contributed by atoms with van der Waals surface area (Å²) in [4.78, 5) is 47.0. The van der Waals surface area contributed by atoms with Crippen LogP contribution in [0, 0.1) is 11.8 Å². The molecule has 0 aromatic heterocycles. The van der Waals surface area contributed by atoms with Crippen LogP contribution in [0.15, 0.2) is 48.5 Å². The molecule has 0 saturated carbocycles. The summed E-state index contributed by atoms with van der Waals surface area (Å²) in [6, 6.07) is 16.0. The molecular weight excluding hydrogens is 450 g/mol. The van der Waals surface area contributed by atoms with E-state index in [1.54, 1.807) is 0 Å². The molecule has 9 nitrogen and oxygen atoms in total. The highest BCUT2D eigenvalue weighted by atomic mass is 16.5. The Morgan fingerprint density at radius 1 is 0.857 bits per heavy atom. The van der Waals surface area contributed by atoms with Gasteiger partial charge in [-0.2, -0.15) is 0 Å². The zero-order valence-corrected chi connectivity index (χ0v) is 19.9. The molecule has 3 rings (SSSR count). The summed E-state index contributed by atoms with van der Waals surface area (Å²) in [5.41, 5.74) is 4.43. The first-order valence-electron chi connectivity index (χ1n) is 11.6. The Kier molecular flexibility index (Phi) is 8.83. The molecule has 0 spiro atoms. The summed E-state index contributed by atoms with van der Waals surface area (Å²) in [5.74, 6) is -2.10. The van der Waals surface area contributed by atoms with Crippen molar-refractivity contribution in [3.05, 3.63) is 59.7 Å². The fourth-order valence-electron chi connectivity index (χ4n) is 4.12. The molecule has 1 aliphatic rings. The molecule has 2 aromatic carbocycles. The molecule has 186 valence electrons. The Bertz CT molecular complexity index is 1040. The second-order valence-electron chi connectivity index (χ2n) is 8.86. The number of carboxylic acid groups (broad SMARTS) is 1. The predicted molar refractivity (Wildman–Crippen MR) is 130 cm³/mol. The number of hydrogen-bond acceptors (Lipinski definition) is 5. The first-order chi connectivity index (χ1) is 16.8. The van der Waals surface area contributed by atoms with E-state index in [1.807, 2.05) is 62.4 Å². The van der Waals surface area contributed by atoms with Gasteiger partial charge in [-0.3, -0.25) is 14.4 Å². The van der Waals surface area contributed by atoms with Crippen molar-refractivity contribution in [2.75, 3.05) is 26.2 Å². The first-order valence-corrected chi connectivity index (χ1v) is 11.6. The molecule has 0 bridgehead atoms. The number of ether oxygens (including phenoxy) is 1. The number of aliphatic carboxylic acids is 1. The van der Waals surface area contributed by atoms with Crippen LogP contribution in [0.5, 0.6) is 0 Å². The van der Waals surface area contributed by atoms with E-state index in [0.29, 0.717) is 0 Å². The number of alkyl carbamates (subject to hydrolysis) is 1. The van der Waals surface area contributed by atoms with Crippen molar-refractivity contribution in [3.63, 3.8) is 0 Å². The van der Waals surface area contributed by atoms with Crippen molar-refractivity contribution in [2.45, 2.75) is 26.2 Å². The lowest BCUT2D eigenvalue weighted by molar-refractivity contribution is -0.138. The van der Waals surface area contributed by atoms with Gasteiger partial charge in [0.1, 0.15) is 13.2 Å². The minimum atomic E-state index is -0.925. The van der Waals surface area contributed by atoms with Crippen LogP contribution in [0.3, 0.4) is 0 Å². The molecule has 0 radical (unpaired) electrons. The molecule has 4 N–H and O–H groups in total. The van der Waals surface area contributed by atoms with Crippen LogP contribution in [0.2, 0.25) is 0 Å². The fraction of sp³-hybridized carbons (Fsp3) is 0.385. The lowest BCUT2D eigenvalue weighted by Gasteiger charge is -2.19. The van der Waals surface area contributed by atoms with Gasteiger partial charge in [0.15, 0.2) is 0 Å². The second kappa shape index (κ2) is 12.0. The third kappa shape index (κ3) is 7.05. The van der Waals surface area contributed by atoms with Crippen LogP contribution in [0.25, 0.3) is 11.1 Å². The highest BCUT2D eigenvalue weighted by Crippen LogP contribution is 2.44. The van der Waals surface area contributed by atoms with E-state index < -0.39 is 23.9 Å². The number of amides is 3. The molecule has 0 heterocycles. The van der Waals surface area contributed by atoms with Gasteiger partial charge in [-0.1, -0.05) is 62.4 Å². The Balaban J connectivity index is 1.38. The van der Waals surface area contributed by atoms with Gasteiger partial charge in [-0.25, -0.2) is 4.79 Å². The van der Waals surface area contributed by atoms with Crippen molar-refractivity contribution in [3.8, 4) is 11.1 Å². The topological polar surface area (TPSA) is 134 Å². The number of rotatable bonds is 11. The molecule has 1 aliphatic carbocycles. The van der Waals surface area contributed by atoms with Gasteiger partial charge in [-0.15, -0.1) is 0 Å². The van der Waals surface area contributed by atoms with E-state index in [9.17, 15) is 19.2 Å². The molecule has 0 saturated heterocycles. The molecule has 0 fully saturated rings. The molecule has 1 atom stereocenters. The molecule has 9 heteroatoms. The highest BCUT2D eigenvalue weighted by Gasteiger charge is 2.29. The lowest BCUT2D eigenvalue weighted by atomic mass is 9.92. The standard InChI is InChI=1S/C26H31N3O6/c1-16(2)17(11-25(32)33)12-27-23(30)13-28-24(31)14-29-26(34)35-15-22-20-9-5-3-7-18(20)19-8-4-6-10-21(19)22/h3-10,16-17,22H,11-15H2,1-2H3,(H,27,30)(H,28,31)(H,29,34)(H,32,33). The van der Waals surface area contributed by atoms with E-state index in [-0.39, 0.29) is 50.4 Å². The second-order valence-corrected chi connectivity index (χ2v) is 8.86. The molecule has 1 unspecified atom stereocenters. The van der Waals surface area contributed by atoms with Crippen molar-refractivity contribution in [2.24, 2.45) is 11.8 Å². The Hall–Kier alpha value is -3.88. The van der Waals surface area contributed by atoms with Crippen LogP contribution >= 0.6 is 0 Å². The quantitative estimate of drug-likeness (QED) is 0.390. The predicted octanol–water partition coefficient (Wildman–Crippen LogP) is 2.50. The smallest absolute Gasteiger partial charge is 0.407 e. The largest absolute Gasteiger partial charge is 0.481 e. The normalized spacial score (nSPS) is 12.9. The summed E-state index contributed by atoms with van der Waals surface area (Å²) in [6.45, 7) is 3.50. The number of hydrogen-bond donors (Lipinski definition) is 4.